The van der Waals surface area contributed by atoms with Gasteiger partial charge in [0, 0.05) is 23.8 Å². The summed E-state index contributed by atoms with van der Waals surface area (Å²) in [6.07, 6.45) is 1.36. The summed E-state index contributed by atoms with van der Waals surface area (Å²) in [7, 11) is 0. The number of rotatable bonds is 6. The Hall–Kier alpha value is -1.94. The lowest BCUT2D eigenvalue weighted by molar-refractivity contribution is -0.157. The van der Waals surface area contributed by atoms with Gasteiger partial charge in [-0.15, -0.1) is 0 Å². The number of hydrogen-bond acceptors (Lipinski definition) is 7. The van der Waals surface area contributed by atoms with Crippen molar-refractivity contribution in [2.45, 2.75) is 44.8 Å². The Kier molecular flexibility index (Phi) is 4.35. The summed E-state index contributed by atoms with van der Waals surface area (Å²) in [6.45, 7) is 5.21. The Labute approximate surface area is 145 Å². The molecule has 24 heavy (non-hydrogen) atoms. The highest BCUT2D eigenvalue weighted by atomic mass is 32.1. The molecule has 1 heterocycles. The highest BCUT2D eigenvalue weighted by Crippen LogP contribution is 2.62. The smallest absolute Gasteiger partial charge is 0.333 e. The van der Waals surface area contributed by atoms with E-state index in [1.54, 1.807) is 6.92 Å². The first-order valence-corrected chi connectivity index (χ1v) is 8.44. The average molecular weight is 349 g/mol. The molecule has 0 aromatic carbocycles. The summed E-state index contributed by atoms with van der Waals surface area (Å²) < 4.78 is 16.2. The minimum Gasteiger partial charge on any atom is -0.478 e. The molecule has 2 aliphatic carbocycles. The van der Waals surface area contributed by atoms with Crippen molar-refractivity contribution in [3.63, 3.8) is 0 Å². The van der Waals surface area contributed by atoms with Gasteiger partial charge in [-0.2, -0.15) is 5.26 Å². The van der Waals surface area contributed by atoms with Crippen LogP contribution >= 0.6 is 12.2 Å². The number of esters is 2. The molecule has 3 aliphatic rings. The maximum absolute atomic E-state index is 12.0. The van der Waals surface area contributed by atoms with Crippen LogP contribution in [0.15, 0.2) is 12.2 Å². The van der Waals surface area contributed by atoms with Crippen molar-refractivity contribution in [2.75, 3.05) is 6.61 Å². The molecule has 7 heteroatoms. The minimum absolute atomic E-state index is 0.0364. The summed E-state index contributed by atoms with van der Waals surface area (Å²) >= 11 is 5.23. The Balaban J connectivity index is 1.48. The highest BCUT2D eigenvalue weighted by molar-refractivity contribution is 7.80. The van der Waals surface area contributed by atoms with E-state index >= 15 is 0 Å². The van der Waals surface area contributed by atoms with Gasteiger partial charge in [0.1, 0.15) is 17.6 Å². The number of nitriles is 1. The van der Waals surface area contributed by atoms with Gasteiger partial charge in [0.05, 0.1) is 12.7 Å². The molecule has 6 nitrogen and oxygen atoms in total. The van der Waals surface area contributed by atoms with Crippen LogP contribution in [0.1, 0.15) is 32.6 Å². The van der Waals surface area contributed by atoms with Crippen LogP contribution in [0.5, 0.6) is 0 Å². The number of hydrogen-bond donors (Lipinski definition) is 0. The molecule has 0 amide bonds. The summed E-state index contributed by atoms with van der Waals surface area (Å²) in [5.74, 6) is -0.639. The maximum atomic E-state index is 12.0. The maximum Gasteiger partial charge on any atom is 0.333 e. The van der Waals surface area contributed by atoms with E-state index in [0.29, 0.717) is 23.5 Å². The monoisotopic (exact) mass is 349 g/mol. The number of ether oxygens (including phenoxy) is 3. The minimum atomic E-state index is -0.662. The Morgan fingerprint density at radius 3 is 2.96 bits per heavy atom. The first kappa shape index (κ1) is 16.9. The molecule has 3 rings (SSSR count). The summed E-state index contributed by atoms with van der Waals surface area (Å²) in [5, 5.41) is 9.81. The van der Waals surface area contributed by atoms with Gasteiger partial charge >= 0.3 is 11.9 Å². The zero-order valence-electron chi connectivity index (χ0n) is 13.4. The molecule has 3 fully saturated rings. The summed E-state index contributed by atoms with van der Waals surface area (Å²) in [5.41, 5.74) is -0.334. The van der Waals surface area contributed by atoms with E-state index in [1.165, 1.54) is 0 Å². The third-order valence-electron chi connectivity index (χ3n) is 5.14. The van der Waals surface area contributed by atoms with E-state index in [4.69, 9.17) is 26.4 Å². The first-order valence-electron chi connectivity index (χ1n) is 8.03. The van der Waals surface area contributed by atoms with E-state index in [0.717, 1.165) is 6.42 Å². The average Bonchev–Trinajstić information content (AvgIpc) is 3.13. The number of fused-ring (bicyclic) bond motifs is 1. The van der Waals surface area contributed by atoms with Crippen LogP contribution in [0.25, 0.3) is 0 Å². The fourth-order valence-electron chi connectivity index (χ4n) is 4.00. The predicted octanol–water partition coefficient (Wildman–Crippen LogP) is 2.07. The van der Waals surface area contributed by atoms with Crippen LogP contribution < -0.4 is 0 Å². The third-order valence-corrected chi connectivity index (χ3v) is 5.60. The van der Waals surface area contributed by atoms with E-state index in [2.05, 4.69) is 12.6 Å². The van der Waals surface area contributed by atoms with Crippen molar-refractivity contribution in [2.24, 2.45) is 17.3 Å². The molecule has 1 saturated heterocycles. The first-order chi connectivity index (χ1) is 11.4. The Morgan fingerprint density at radius 1 is 1.54 bits per heavy atom. The van der Waals surface area contributed by atoms with Gasteiger partial charge in [-0.1, -0.05) is 6.58 Å². The Bertz CT molecular complexity index is 654. The second kappa shape index (κ2) is 6.17. The van der Waals surface area contributed by atoms with Gasteiger partial charge in [0.15, 0.2) is 5.05 Å². The van der Waals surface area contributed by atoms with Gasteiger partial charge in [-0.05, 0) is 38.4 Å². The molecule has 128 valence electrons. The van der Waals surface area contributed by atoms with Gasteiger partial charge < -0.3 is 14.2 Å². The van der Waals surface area contributed by atoms with E-state index in [-0.39, 0.29) is 43.0 Å². The van der Waals surface area contributed by atoms with Gasteiger partial charge in [-0.25, -0.2) is 4.79 Å². The van der Waals surface area contributed by atoms with Crippen LogP contribution in [-0.2, 0) is 23.8 Å². The molecule has 5 atom stereocenters. The van der Waals surface area contributed by atoms with E-state index < -0.39 is 11.4 Å². The van der Waals surface area contributed by atoms with Crippen LogP contribution in [-0.4, -0.2) is 35.8 Å². The van der Waals surface area contributed by atoms with Crippen LogP contribution in [0.2, 0.25) is 0 Å². The molecular weight excluding hydrogens is 330 g/mol. The fraction of sp³-hybridized carbons (Fsp3) is 0.647. The van der Waals surface area contributed by atoms with Crippen LogP contribution in [0.3, 0.4) is 0 Å². The van der Waals surface area contributed by atoms with Crippen molar-refractivity contribution in [3.8, 4) is 6.07 Å². The second-order valence-corrected chi connectivity index (χ2v) is 7.10. The van der Waals surface area contributed by atoms with Gasteiger partial charge in [0.25, 0.3) is 0 Å². The Morgan fingerprint density at radius 2 is 2.29 bits per heavy atom. The number of thiocarbonyl (C=S) groups is 1. The normalized spacial score (nSPS) is 35.2. The lowest BCUT2D eigenvalue weighted by atomic mass is 9.75. The number of nitrogens with zero attached hydrogens (tertiary/aromatic N) is 1. The predicted molar refractivity (Wildman–Crippen MR) is 86.6 cm³/mol. The topological polar surface area (TPSA) is 85.6 Å². The molecular formula is C17H19NO5S. The molecule has 4 unspecified atom stereocenters. The van der Waals surface area contributed by atoms with E-state index in [9.17, 15) is 14.9 Å². The summed E-state index contributed by atoms with van der Waals surface area (Å²) in [4.78, 5) is 23.3. The highest BCUT2D eigenvalue weighted by Gasteiger charge is 2.70. The van der Waals surface area contributed by atoms with Crippen molar-refractivity contribution in [1.82, 2.24) is 0 Å². The largest absolute Gasteiger partial charge is 0.478 e. The van der Waals surface area contributed by atoms with E-state index in [1.807, 2.05) is 0 Å². The second-order valence-electron chi connectivity index (χ2n) is 6.73. The number of carbonyl (C=O) groups excluding carboxylic acids is 2. The van der Waals surface area contributed by atoms with Crippen molar-refractivity contribution in [1.29, 1.82) is 5.26 Å². The van der Waals surface area contributed by atoms with Crippen molar-refractivity contribution >= 4 is 29.2 Å². The molecule has 0 N–H and O–H groups in total. The molecule has 0 radical (unpaired) electrons. The van der Waals surface area contributed by atoms with Crippen LogP contribution in [0.4, 0.5) is 0 Å². The fourth-order valence-corrected chi connectivity index (χ4v) is 4.39. The zero-order valence-corrected chi connectivity index (χ0v) is 14.3. The molecule has 0 aromatic heterocycles. The SMILES string of the molecule is C=C(C)C(=O)OCCCC(=O)OC1C2C[C@@H]3C1OC(=S)C3(C#N)C2. The lowest BCUT2D eigenvalue weighted by Gasteiger charge is -2.28. The summed E-state index contributed by atoms with van der Waals surface area (Å²) in [6, 6.07) is 2.32. The van der Waals surface area contributed by atoms with Crippen molar-refractivity contribution in [3.05, 3.63) is 12.2 Å². The standard InChI is InChI=1S/C17H19NO5S/c1-9(2)15(20)21-5-3-4-12(19)22-13-10-6-11-14(13)23-16(24)17(11,7-10)8-18/h10-11,13-14H,1,3-7H2,2H3/t10?,11-,13?,14?,17?/m1/s1. The van der Waals surface area contributed by atoms with Crippen LogP contribution in [0, 0.1) is 28.6 Å². The molecule has 0 spiro atoms. The molecule has 0 aromatic rings. The quantitative estimate of drug-likeness (QED) is 0.314. The lowest BCUT2D eigenvalue weighted by Crippen LogP contribution is -2.39. The van der Waals surface area contributed by atoms with Gasteiger partial charge in [0.2, 0.25) is 0 Å². The van der Waals surface area contributed by atoms with Gasteiger partial charge in [-0.3, -0.25) is 4.79 Å². The third kappa shape index (κ3) is 2.59. The number of carbonyl (C=O) groups is 2. The zero-order chi connectivity index (χ0) is 17.5. The molecule has 2 bridgehead atoms. The molecule has 1 aliphatic heterocycles. The van der Waals surface area contributed by atoms with Crippen molar-refractivity contribution < 1.29 is 23.8 Å². The molecule has 2 saturated carbocycles.